The maximum absolute atomic E-state index is 14.0. The van der Waals surface area contributed by atoms with Crippen molar-refractivity contribution in [3.63, 3.8) is 0 Å². The van der Waals surface area contributed by atoms with Gasteiger partial charge < -0.3 is 5.32 Å². The van der Waals surface area contributed by atoms with E-state index in [4.69, 9.17) is 23.8 Å². The molecule has 0 saturated carbocycles. The van der Waals surface area contributed by atoms with Gasteiger partial charge >= 0.3 is 0 Å². The summed E-state index contributed by atoms with van der Waals surface area (Å²) in [7, 11) is 0. The molecule has 1 aliphatic heterocycles. The SMILES string of the molecule is CCC1(c2ccc(Cl)cc2)NC(=S)N(c2ccccc2F)N1. The number of nitrogens with zero attached hydrogens (tertiary/aromatic N) is 1. The van der Waals surface area contributed by atoms with Crippen molar-refractivity contribution in [3.8, 4) is 0 Å². The van der Waals surface area contributed by atoms with Crippen LogP contribution in [0.5, 0.6) is 0 Å². The van der Waals surface area contributed by atoms with Gasteiger partial charge in [-0.3, -0.25) is 0 Å². The Labute approximate surface area is 139 Å². The van der Waals surface area contributed by atoms with E-state index in [2.05, 4.69) is 10.7 Å². The van der Waals surface area contributed by atoms with Crippen molar-refractivity contribution in [3.05, 3.63) is 64.9 Å². The van der Waals surface area contributed by atoms with Crippen LogP contribution in [-0.4, -0.2) is 5.11 Å². The Morgan fingerprint density at radius 3 is 2.50 bits per heavy atom. The van der Waals surface area contributed by atoms with E-state index in [-0.39, 0.29) is 5.82 Å². The first-order valence-corrected chi connectivity index (χ1v) is 7.75. The summed E-state index contributed by atoms with van der Waals surface area (Å²) in [6, 6.07) is 14.0. The number of halogens is 2. The third-order valence-corrected chi connectivity index (χ3v) is 4.32. The fourth-order valence-corrected chi connectivity index (χ4v) is 3.00. The van der Waals surface area contributed by atoms with Crippen LogP contribution in [0.2, 0.25) is 5.02 Å². The molecule has 2 N–H and O–H groups in total. The maximum atomic E-state index is 14.0. The monoisotopic (exact) mass is 335 g/mol. The van der Waals surface area contributed by atoms with E-state index in [0.717, 1.165) is 12.0 Å². The first-order chi connectivity index (χ1) is 10.6. The van der Waals surface area contributed by atoms with Crippen molar-refractivity contribution in [2.45, 2.75) is 19.0 Å². The van der Waals surface area contributed by atoms with Gasteiger partial charge in [0.2, 0.25) is 0 Å². The van der Waals surface area contributed by atoms with Crippen LogP contribution in [0.25, 0.3) is 0 Å². The Morgan fingerprint density at radius 2 is 1.86 bits per heavy atom. The highest BCUT2D eigenvalue weighted by Gasteiger charge is 2.41. The van der Waals surface area contributed by atoms with Gasteiger partial charge in [-0.25, -0.2) is 9.40 Å². The van der Waals surface area contributed by atoms with Gasteiger partial charge in [0.25, 0.3) is 0 Å². The van der Waals surface area contributed by atoms with Crippen LogP contribution >= 0.6 is 23.8 Å². The minimum absolute atomic E-state index is 0.331. The summed E-state index contributed by atoms with van der Waals surface area (Å²) < 4.78 is 14.0. The number of nitrogens with one attached hydrogen (secondary N) is 2. The largest absolute Gasteiger partial charge is 0.338 e. The van der Waals surface area contributed by atoms with E-state index in [0.29, 0.717) is 15.8 Å². The van der Waals surface area contributed by atoms with Crippen molar-refractivity contribution >= 4 is 34.6 Å². The molecule has 0 bridgehead atoms. The van der Waals surface area contributed by atoms with E-state index >= 15 is 0 Å². The van der Waals surface area contributed by atoms with Crippen molar-refractivity contribution in [2.75, 3.05) is 5.01 Å². The van der Waals surface area contributed by atoms with Gasteiger partial charge in [-0.1, -0.05) is 42.8 Å². The molecule has 1 saturated heterocycles. The number of hydrazine groups is 1. The molecule has 22 heavy (non-hydrogen) atoms. The van der Waals surface area contributed by atoms with E-state index in [1.54, 1.807) is 23.2 Å². The third-order valence-electron chi connectivity index (χ3n) is 3.79. The first kappa shape index (κ1) is 15.2. The maximum Gasteiger partial charge on any atom is 0.190 e. The van der Waals surface area contributed by atoms with Crippen molar-refractivity contribution in [2.24, 2.45) is 0 Å². The molecule has 1 aliphatic rings. The van der Waals surface area contributed by atoms with Crippen LogP contribution in [0.4, 0.5) is 10.1 Å². The van der Waals surface area contributed by atoms with Crippen LogP contribution in [0.15, 0.2) is 48.5 Å². The van der Waals surface area contributed by atoms with Gasteiger partial charge in [0.15, 0.2) is 5.11 Å². The Balaban J connectivity index is 1.98. The molecule has 1 atom stereocenters. The standard InChI is InChI=1S/C16H15ClFN3S/c1-2-16(11-7-9-12(17)10-8-11)19-15(22)21(20-16)14-6-4-3-5-13(14)18/h3-10,20H,2H2,1H3,(H,19,22). The average molecular weight is 336 g/mol. The predicted molar refractivity (Wildman–Crippen MR) is 91.2 cm³/mol. The van der Waals surface area contributed by atoms with Crippen LogP contribution in [0.1, 0.15) is 18.9 Å². The second-order valence-electron chi connectivity index (χ2n) is 5.09. The van der Waals surface area contributed by atoms with Crippen molar-refractivity contribution in [1.82, 2.24) is 10.7 Å². The summed E-state index contributed by atoms with van der Waals surface area (Å²) in [6.45, 7) is 2.03. The number of benzene rings is 2. The molecule has 0 aliphatic carbocycles. The Kier molecular flexibility index (Phi) is 4.04. The summed E-state index contributed by atoms with van der Waals surface area (Å²) in [4.78, 5) is 0. The number of anilines is 1. The smallest absolute Gasteiger partial charge is 0.190 e. The molecule has 3 nitrogen and oxygen atoms in total. The van der Waals surface area contributed by atoms with Crippen LogP contribution in [0.3, 0.4) is 0 Å². The highest BCUT2D eigenvalue weighted by molar-refractivity contribution is 7.80. The number of thiocarbonyl (C=S) groups is 1. The molecule has 0 spiro atoms. The fourth-order valence-electron chi connectivity index (χ4n) is 2.55. The molecule has 2 aromatic carbocycles. The Morgan fingerprint density at radius 1 is 1.18 bits per heavy atom. The minimum atomic E-state index is -0.579. The summed E-state index contributed by atoms with van der Waals surface area (Å²) in [5.74, 6) is -0.331. The van der Waals surface area contributed by atoms with Crippen molar-refractivity contribution in [1.29, 1.82) is 0 Å². The highest BCUT2D eigenvalue weighted by atomic mass is 35.5. The molecule has 0 aromatic heterocycles. The second-order valence-corrected chi connectivity index (χ2v) is 5.92. The molecular weight excluding hydrogens is 321 g/mol. The van der Waals surface area contributed by atoms with Gasteiger partial charge in [0, 0.05) is 5.02 Å². The number of para-hydroxylation sites is 1. The molecule has 1 heterocycles. The lowest BCUT2D eigenvalue weighted by molar-refractivity contribution is 0.336. The van der Waals surface area contributed by atoms with E-state index in [9.17, 15) is 4.39 Å². The van der Waals surface area contributed by atoms with Crippen molar-refractivity contribution < 1.29 is 4.39 Å². The molecular formula is C16H15ClFN3S. The Hall–Kier alpha value is -1.69. The molecule has 0 radical (unpaired) electrons. The lowest BCUT2D eigenvalue weighted by Crippen LogP contribution is -2.48. The molecule has 3 rings (SSSR count). The third kappa shape index (κ3) is 2.56. The van der Waals surface area contributed by atoms with Crippen LogP contribution < -0.4 is 15.8 Å². The average Bonchev–Trinajstić information content (AvgIpc) is 2.86. The van der Waals surface area contributed by atoms with E-state index in [1.165, 1.54) is 6.07 Å². The van der Waals surface area contributed by atoms with Gasteiger partial charge in [-0.05, 0) is 48.5 Å². The predicted octanol–water partition coefficient (Wildman–Crippen LogP) is 3.94. The molecule has 2 aromatic rings. The quantitative estimate of drug-likeness (QED) is 0.831. The van der Waals surface area contributed by atoms with E-state index in [1.807, 2.05) is 31.2 Å². The van der Waals surface area contributed by atoms with E-state index < -0.39 is 5.66 Å². The summed E-state index contributed by atoms with van der Waals surface area (Å²) in [5, 5.41) is 5.94. The zero-order valence-electron chi connectivity index (χ0n) is 11.9. The first-order valence-electron chi connectivity index (χ1n) is 6.96. The molecule has 1 unspecified atom stereocenters. The number of rotatable bonds is 3. The zero-order chi connectivity index (χ0) is 15.7. The second kappa shape index (κ2) is 5.83. The van der Waals surface area contributed by atoms with Gasteiger partial charge in [0.05, 0.1) is 5.69 Å². The summed E-state index contributed by atoms with van der Waals surface area (Å²) >= 11 is 11.3. The topological polar surface area (TPSA) is 27.3 Å². The lowest BCUT2D eigenvalue weighted by atomic mass is 9.98. The van der Waals surface area contributed by atoms with Crippen LogP contribution in [0, 0.1) is 5.82 Å². The molecule has 6 heteroatoms. The Bertz CT molecular complexity index is 707. The van der Waals surface area contributed by atoms with Gasteiger partial charge in [0.1, 0.15) is 11.5 Å². The molecule has 114 valence electrons. The molecule has 0 amide bonds. The minimum Gasteiger partial charge on any atom is -0.338 e. The number of hydrogen-bond donors (Lipinski definition) is 2. The zero-order valence-corrected chi connectivity index (χ0v) is 13.5. The van der Waals surface area contributed by atoms with Gasteiger partial charge in [-0.2, -0.15) is 5.43 Å². The van der Waals surface area contributed by atoms with Crippen LogP contribution in [-0.2, 0) is 5.66 Å². The number of hydrogen-bond acceptors (Lipinski definition) is 2. The van der Waals surface area contributed by atoms with Gasteiger partial charge in [-0.15, -0.1) is 0 Å². The molecule has 1 fully saturated rings. The normalized spacial score (nSPS) is 21.0. The summed E-state index contributed by atoms with van der Waals surface area (Å²) in [6.07, 6.45) is 0.722. The highest BCUT2D eigenvalue weighted by Crippen LogP contribution is 2.31. The fraction of sp³-hybridized carbons (Fsp3) is 0.188. The lowest BCUT2D eigenvalue weighted by Gasteiger charge is -2.29. The summed E-state index contributed by atoms with van der Waals surface area (Å²) in [5.41, 5.74) is 4.09.